The van der Waals surface area contributed by atoms with Crippen molar-refractivity contribution in [3.05, 3.63) is 28.8 Å². The van der Waals surface area contributed by atoms with Crippen molar-refractivity contribution in [2.24, 2.45) is 11.8 Å². The molecular formula is C15H20ClNO. The Balaban J connectivity index is 2.41. The lowest BCUT2D eigenvalue weighted by molar-refractivity contribution is 0.112. The van der Waals surface area contributed by atoms with E-state index in [1.54, 1.807) is 6.07 Å². The zero-order chi connectivity index (χ0) is 13.3. The lowest BCUT2D eigenvalue weighted by Gasteiger charge is -2.43. The van der Waals surface area contributed by atoms with Gasteiger partial charge in [0.25, 0.3) is 0 Å². The zero-order valence-electron chi connectivity index (χ0n) is 11.2. The topological polar surface area (TPSA) is 20.3 Å². The minimum absolute atomic E-state index is 0.443. The maximum absolute atomic E-state index is 11.2. The molecule has 0 aliphatic carbocycles. The largest absolute Gasteiger partial charge is 0.368 e. The predicted molar refractivity (Wildman–Crippen MR) is 76.6 cm³/mol. The Morgan fingerprint density at radius 1 is 1.33 bits per heavy atom. The molecule has 18 heavy (non-hydrogen) atoms. The van der Waals surface area contributed by atoms with Gasteiger partial charge in [-0.25, -0.2) is 0 Å². The second kappa shape index (κ2) is 5.31. The van der Waals surface area contributed by atoms with Crippen LogP contribution in [0.2, 0.25) is 5.02 Å². The highest BCUT2D eigenvalue weighted by Gasteiger charge is 2.30. The maximum Gasteiger partial charge on any atom is 0.153 e. The number of halogens is 1. The van der Waals surface area contributed by atoms with E-state index in [0.717, 1.165) is 18.5 Å². The number of piperidine rings is 1. The van der Waals surface area contributed by atoms with Crippen molar-refractivity contribution in [3.63, 3.8) is 0 Å². The van der Waals surface area contributed by atoms with Crippen LogP contribution in [0.4, 0.5) is 5.69 Å². The first-order valence-corrected chi connectivity index (χ1v) is 6.92. The molecule has 98 valence electrons. The Bertz CT molecular complexity index is 446. The molecule has 1 heterocycles. The summed E-state index contributed by atoms with van der Waals surface area (Å²) in [5.74, 6) is 1.28. The molecule has 0 aromatic heterocycles. The van der Waals surface area contributed by atoms with Crippen LogP contribution in [0.3, 0.4) is 0 Å². The highest BCUT2D eigenvalue weighted by Crippen LogP contribution is 2.34. The molecule has 3 atom stereocenters. The van der Waals surface area contributed by atoms with Crippen molar-refractivity contribution in [1.82, 2.24) is 0 Å². The third-order valence-corrected chi connectivity index (χ3v) is 4.38. The van der Waals surface area contributed by atoms with Crippen LogP contribution in [-0.2, 0) is 0 Å². The quantitative estimate of drug-likeness (QED) is 0.753. The summed E-state index contributed by atoms with van der Waals surface area (Å²) in [7, 11) is 0. The van der Waals surface area contributed by atoms with Crippen molar-refractivity contribution in [1.29, 1.82) is 0 Å². The molecular weight excluding hydrogens is 246 g/mol. The molecule has 0 N–H and O–H groups in total. The van der Waals surface area contributed by atoms with E-state index in [9.17, 15) is 4.79 Å². The van der Waals surface area contributed by atoms with Gasteiger partial charge in [0.1, 0.15) is 0 Å². The van der Waals surface area contributed by atoms with Gasteiger partial charge in [0, 0.05) is 18.3 Å². The first-order valence-electron chi connectivity index (χ1n) is 6.55. The van der Waals surface area contributed by atoms with Crippen molar-refractivity contribution >= 4 is 23.6 Å². The maximum atomic E-state index is 11.2. The van der Waals surface area contributed by atoms with Crippen LogP contribution in [0.1, 0.15) is 37.6 Å². The lowest BCUT2D eigenvalue weighted by atomic mass is 9.85. The van der Waals surface area contributed by atoms with Crippen LogP contribution in [0.15, 0.2) is 18.2 Å². The molecule has 1 aliphatic heterocycles. The number of benzene rings is 1. The molecule has 1 saturated heterocycles. The molecule has 2 rings (SSSR count). The highest BCUT2D eigenvalue weighted by atomic mass is 35.5. The summed E-state index contributed by atoms with van der Waals surface area (Å²) in [6.07, 6.45) is 2.11. The van der Waals surface area contributed by atoms with Gasteiger partial charge in [0.2, 0.25) is 0 Å². The van der Waals surface area contributed by atoms with Gasteiger partial charge in [-0.2, -0.15) is 0 Å². The molecule has 0 saturated carbocycles. The summed E-state index contributed by atoms with van der Waals surface area (Å²) >= 11 is 6.11. The Hall–Kier alpha value is -1.02. The van der Waals surface area contributed by atoms with Gasteiger partial charge in [0.15, 0.2) is 6.29 Å². The smallest absolute Gasteiger partial charge is 0.153 e. The van der Waals surface area contributed by atoms with E-state index in [-0.39, 0.29) is 0 Å². The van der Waals surface area contributed by atoms with Crippen molar-refractivity contribution in [2.75, 3.05) is 11.4 Å². The Morgan fingerprint density at radius 2 is 2.06 bits per heavy atom. The number of carbonyl (C=O) groups excluding carboxylic acids is 1. The summed E-state index contributed by atoms with van der Waals surface area (Å²) in [6, 6.07) is 6.13. The van der Waals surface area contributed by atoms with Gasteiger partial charge in [-0.3, -0.25) is 4.79 Å². The fourth-order valence-corrected chi connectivity index (χ4v) is 3.14. The standard InChI is InChI=1S/C15H20ClNO/c1-10-7-11(2)12(3)17(8-10)15-6-4-5-14(16)13(15)9-18/h4-6,9-12H,7-8H2,1-3H3. The molecule has 0 bridgehead atoms. The summed E-state index contributed by atoms with van der Waals surface area (Å²) in [5.41, 5.74) is 1.59. The van der Waals surface area contributed by atoms with Gasteiger partial charge in [0.05, 0.1) is 10.6 Å². The number of hydrogen-bond donors (Lipinski definition) is 0. The van der Waals surface area contributed by atoms with E-state index in [1.165, 1.54) is 6.42 Å². The van der Waals surface area contributed by atoms with Crippen molar-refractivity contribution < 1.29 is 4.79 Å². The lowest BCUT2D eigenvalue weighted by Crippen LogP contribution is -2.46. The van der Waals surface area contributed by atoms with Crippen LogP contribution in [0.5, 0.6) is 0 Å². The van der Waals surface area contributed by atoms with Crippen LogP contribution in [-0.4, -0.2) is 18.9 Å². The minimum Gasteiger partial charge on any atom is -0.368 e. The number of anilines is 1. The SMILES string of the molecule is CC1CC(C)C(C)N(c2cccc(Cl)c2C=O)C1. The average Bonchev–Trinajstić information content (AvgIpc) is 2.33. The number of aldehydes is 1. The van der Waals surface area contributed by atoms with Gasteiger partial charge >= 0.3 is 0 Å². The van der Waals surface area contributed by atoms with E-state index < -0.39 is 0 Å². The predicted octanol–water partition coefficient (Wildman–Crippen LogP) is 4.02. The number of hydrogen-bond acceptors (Lipinski definition) is 2. The van der Waals surface area contributed by atoms with Crippen LogP contribution < -0.4 is 4.90 Å². The van der Waals surface area contributed by atoms with E-state index >= 15 is 0 Å². The number of nitrogens with zero attached hydrogens (tertiary/aromatic N) is 1. The first-order chi connectivity index (χ1) is 8.54. The molecule has 1 aliphatic rings. The summed E-state index contributed by atoms with van der Waals surface area (Å²) < 4.78 is 0. The van der Waals surface area contributed by atoms with Crippen molar-refractivity contribution in [3.8, 4) is 0 Å². The summed E-state index contributed by atoms with van der Waals surface area (Å²) in [4.78, 5) is 13.6. The van der Waals surface area contributed by atoms with Gasteiger partial charge in [-0.15, -0.1) is 0 Å². The molecule has 2 nitrogen and oxygen atoms in total. The first kappa shape index (κ1) is 13.4. The fraction of sp³-hybridized carbons (Fsp3) is 0.533. The van der Waals surface area contributed by atoms with Gasteiger partial charge in [-0.05, 0) is 37.3 Å². The summed E-state index contributed by atoms with van der Waals surface area (Å²) in [5, 5.41) is 0.542. The molecule has 0 amide bonds. The second-order valence-corrected chi connectivity index (χ2v) is 5.91. The van der Waals surface area contributed by atoms with E-state index in [0.29, 0.717) is 28.5 Å². The zero-order valence-corrected chi connectivity index (χ0v) is 11.9. The van der Waals surface area contributed by atoms with Crippen LogP contribution in [0.25, 0.3) is 0 Å². The molecule has 3 unspecified atom stereocenters. The molecule has 0 spiro atoms. The third-order valence-electron chi connectivity index (χ3n) is 4.05. The minimum atomic E-state index is 0.443. The van der Waals surface area contributed by atoms with Crippen LogP contribution in [0, 0.1) is 11.8 Å². The van der Waals surface area contributed by atoms with Gasteiger partial charge in [-0.1, -0.05) is 31.5 Å². The molecule has 1 aromatic carbocycles. The average molecular weight is 266 g/mol. The molecule has 1 fully saturated rings. The van der Waals surface area contributed by atoms with Gasteiger partial charge < -0.3 is 4.90 Å². The third kappa shape index (κ3) is 2.39. The van der Waals surface area contributed by atoms with Crippen LogP contribution >= 0.6 is 11.6 Å². The Morgan fingerprint density at radius 3 is 2.72 bits per heavy atom. The Kier molecular flexibility index (Phi) is 3.96. The number of rotatable bonds is 2. The normalized spacial score (nSPS) is 28.2. The fourth-order valence-electron chi connectivity index (χ4n) is 2.93. The van der Waals surface area contributed by atoms with E-state index in [2.05, 4.69) is 25.7 Å². The van der Waals surface area contributed by atoms with Crippen molar-refractivity contribution in [2.45, 2.75) is 33.2 Å². The second-order valence-electron chi connectivity index (χ2n) is 5.50. The molecule has 3 heteroatoms. The molecule has 1 aromatic rings. The molecule has 0 radical (unpaired) electrons. The van der Waals surface area contributed by atoms with E-state index in [1.807, 2.05) is 12.1 Å². The monoisotopic (exact) mass is 265 g/mol. The van der Waals surface area contributed by atoms with E-state index in [4.69, 9.17) is 11.6 Å². The Labute approximate surface area is 114 Å². The summed E-state index contributed by atoms with van der Waals surface area (Å²) in [6.45, 7) is 7.76. The highest BCUT2D eigenvalue weighted by molar-refractivity contribution is 6.33. The number of carbonyl (C=O) groups is 1.